The first kappa shape index (κ1) is 20.4. The second-order valence-corrected chi connectivity index (χ2v) is 4.44. The maximum Gasteiger partial charge on any atom is 0.306 e. The van der Waals surface area contributed by atoms with Crippen molar-refractivity contribution in [3.63, 3.8) is 0 Å². The number of aliphatic carboxylic acids is 2. The number of hydrogen-bond acceptors (Lipinski definition) is 4. The molecule has 0 aromatic carbocycles. The van der Waals surface area contributed by atoms with Crippen molar-refractivity contribution in [1.82, 2.24) is 5.32 Å². The maximum atomic E-state index is 10.8. The summed E-state index contributed by atoms with van der Waals surface area (Å²) in [6.45, 7) is 4.87. The van der Waals surface area contributed by atoms with E-state index >= 15 is 0 Å². The normalized spacial score (nSPS) is 12.4. The van der Waals surface area contributed by atoms with E-state index in [1.807, 2.05) is 0 Å². The van der Waals surface area contributed by atoms with Crippen LogP contribution in [-0.4, -0.2) is 40.9 Å². The topological polar surface area (TPSA) is 121 Å². The van der Waals surface area contributed by atoms with Crippen molar-refractivity contribution in [2.75, 3.05) is 7.05 Å². The van der Waals surface area contributed by atoms with E-state index < -0.39 is 17.9 Å². The van der Waals surface area contributed by atoms with Gasteiger partial charge in [0.05, 0.1) is 12.3 Å². The Kier molecular flexibility index (Phi) is 11.2. The number of ketones is 1. The molecule has 2 unspecified atom stereocenters. The zero-order valence-electron chi connectivity index (χ0n) is 12.3. The number of carboxylic acids is 2. The summed E-state index contributed by atoms with van der Waals surface area (Å²) in [6.07, 6.45) is 0.424. The average Bonchev–Trinajstić information content (AvgIpc) is 2.37. The Labute approximate surface area is 118 Å². The van der Waals surface area contributed by atoms with Gasteiger partial charge in [-0.3, -0.25) is 19.2 Å². The van der Waals surface area contributed by atoms with Crippen LogP contribution in [0, 0.1) is 11.8 Å². The van der Waals surface area contributed by atoms with E-state index in [0.29, 0.717) is 6.42 Å². The van der Waals surface area contributed by atoms with Gasteiger partial charge >= 0.3 is 11.9 Å². The lowest BCUT2D eigenvalue weighted by atomic mass is 10.0. The molecule has 1 amide bonds. The molecule has 0 fully saturated rings. The second kappa shape index (κ2) is 11.0. The van der Waals surface area contributed by atoms with Crippen molar-refractivity contribution in [3.8, 4) is 0 Å². The molecule has 2 atom stereocenters. The third-order valence-electron chi connectivity index (χ3n) is 2.57. The first-order valence-corrected chi connectivity index (χ1v) is 6.33. The Morgan fingerprint density at radius 1 is 1.00 bits per heavy atom. The molecule has 7 heteroatoms. The number of carboxylic acid groups (broad SMARTS) is 2. The molecule has 0 aliphatic carbocycles. The fourth-order valence-corrected chi connectivity index (χ4v) is 1.19. The summed E-state index contributed by atoms with van der Waals surface area (Å²) in [4.78, 5) is 41.6. The first-order chi connectivity index (χ1) is 9.15. The first-order valence-electron chi connectivity index (χ1n) is 6.33. The summed E-state index contributed by atoms with van der Waals surface area (Å²) in [5, 5.41) is 19.0. The highest BCUT2D eigenvalue weighted by atomic mass is 16.4. The largest absolute Gasteiger partial charge is 0.481 e. The molecule has 3 N–H and O–H groups in total. The monoisotopic (exact) mass is 289 g/mol. The molecule has 0 aromatic rings. The smallest absolute Gasteiger partial charge is 0.306 e. The highest BCUT2D eigenvalue weighted by Crippen LogP contribution is 2.04. The molecule has 0 aliphatic heterocycles. The van der Waals surface area contributed by atoms with Gasteiger partial charge in [-0.25, -0.2) is 0 Å². The molecule has 0 spiro atoms. The lowest BCUT2D eigenvalue weighted by Gasteiger charge is -2.03. The number of Topliss-reactive ketones (excluding diaryl/α,β-unsaturated/α-hetero) is 1. The van der Waals surface area contributed by atoms with Crippen LogP contribution in [-0.2, 0) is 19.2 Å². The Morgan fingerprint density at radius 2 is 1.50 bits per heavy atom. The van der Waals surface area contributed by atoms with E-state index in [2.05, 4.69) is 5.32 Å². The number of carbonyl (C=O) groups excluding carboxylic acids is 2. The van der Waals surface area contributed by atoms with Crippen molar-refractivity contribution in [2.45, 2.75) is 40.0 Å². The maximum absolute atomic E-state index is 10.8. The van der Waals surface area contributed by atoms with Crippen molar-refractivity contribution in [1.29, 1.82) is 0 Å². The fourth-order valence-electron chi connectivity index (χ4n) is 1.19. The van der Waals surface area contributed by atoms with Gasteiger partial charge in [-0.05, 0) is 0 Å². The van der Waals surface area contributed by atoms with E-state index in [0.717, 1.165) is 0 Å². The molecular formula is C13H23NO6. The van der Waals surface area contributed by atoms with Crippen LogP contribution < -0.4 is 5.32 Å². The molecule has 0 bridgehead atoms. The van der Waals surface area contributed by atoms with Gasteiger partial charge in [0.25, 0.3) is 0 Å². The fraction of sp³-hybridized carbons (Fsp3) is 0.692. The third-order valence-corrected chi connectivity index (χ3v) is 2.57. The number of rotatable bonds is 7. The highest BCUT2D eigenvalue weighted by molar-refractivity contribution is 5.84. The van der Waals surface area contributed by atoms with Crippen molar-refractivity contribution >= 4 is 23.6 Å². The van der Waals surface area contributed by atoms with E-state index in [-0.39, 0.29) is 30.4 Å². The molecular weight excluding hydrogens is 266 g/mol. The Hall–Kier alpha value is -1.92. The van der Waals surface area contributed by atoms with Crippen LogP contribution in [0.25, 0.3) is 0 Å². The molecule has 0 radical (unpaired) electrons. The zero-order chi connectivity index (χ0) is 16.3. The average molecular weight is 289 g/mol. The SMILES string of the molecule is CCC(=O)C(C)CC(=O)O.CNC(=O)CC(C)C(=O)O. The highest BCUT2D eigenvalue weighted by Gasteiger charge is 2.14. The molecule has 0 rings (SSSR count). The number of amides is 1. The van der Waals surface area contributed by atoms with E-state index in [1.54, 1.807) is 13.8 Å². The number of nitrogens with one attached hydrogen (secondary N) is 1. The summed E-state index contributed by atoms with van der Waals surface area (Å²) in [5.41, 5.74) is 0. The summed E-state index contributed by atoms with van der Waals surface area (Å²) < 4.78 is 0. The minimum Gasteiger partial charge on any atom is -0.481 e. The van der Waals surface area contributed by atoms with Gasteiger partial charge in [0.2, 0.25) is 5.91 Å². The predicted octanol–water partition coefficient (Wildman–Crippen LogP) is 0.920. The van der Waals surface area contributed by atoms with Crippen LogP contribution in [0.4, 0.5) is 0 Å². The quantitative estimate of drug-likeness (QED) is 0.641. The molecule has 7 nitrogen and oxygen atoms in total. The van der Waals surface area contributed by atoms with E-state index in [1.165, 1.54) is 14.0 Å². The Morgan fingerprint density at radius 3 is 1.80 bits per heavy atom. The van der Waals surface area contributed by atoms with Gasteiger partial charge in [-0.2, -0.15) is 0 Å². The van der Waals surface area contributed by atoms with Crippen LogP contribution in [0.2, 0.25) is 0 Å². The minimum atomic E-state index is -0.941. The second-order valence-electron chi connectivity index (χ2n) is 4.44. The zero-order valence-corrected chi connectivity index (χ0v) is 12.3. The van der Waals surface area contributed by atoms with Gasteiger partial charge in [-0.1, -0.05) is 20.8 Å². The van der Waals surface area contributed by atoms with E-state index in [4.69, 9.17) is 10.2 Å². The van der Waals surface area contributed by atoms with Gasteiger partial charge in [0, 0.05) is 25.8 Å². The lowest BCUT2D eigenvalue weighted by Crippen LogP contribution is -2.23. The minimum absolute atomic E-state index is 0.0161. The lowest BCUT2D eigenvalue weighted by molar-refractivity contribution is -0.143. The summed E-state index contributed by atoms with van der Waals surface area (Å²) in [7, 11) is 1.48. The summed E-state index contributed by atoms with van der Waals surface area (Å²) >= 11 is 0. The Balaban J connectivity index is 0. The van der Waals surface area contributed by atoms with Crippen LogP contribution >= 0.6 is 0 Å². The molecule has 20 heavy (non-hydrogen) atoms. The molecule has 0 saturated carbocycles. The summed E-state index contributed by atoms with van der Waals surface area (Å²) in [6, 6.07) is 0. The molecule has 0 aliphatic rings. The standard InChI is InChI=1S/C7H12O3.C6H11NO3/c1-3-6(8)5(2)4-7(9)10;1-4(6(9)10)3-5(8)7-2/h5H,3-4H2,1-2H3,(H,9,10);4H,3H2,1-2H3,(H,7,8)(H,9,10). The number of carbonyl (C=O) groups is 4. The van der Waals surface area contributed by atoms with Crippen LogP contribution in [0.3, 0.4) is 0 Å². The predicted molar refractivity (Wildman–Crippen MR) is 72.2 cm³/mol. The third kappa shape index (κ3) is 11.2. The molecule has 116 valence electrons. The van der Waals surface area contributed by atoms with Crippen LogP contribution in [0.15, 0.2) is 0 Å². The van der Waals surface area contributed by atoms with Crippen molar-refractivity contribution in [3.05, 3.63) is 0 Å². The molecule has 0 heterocycles. The Bertz CT molecular complexity index is 353. The van der Waals surface area contributed by atoms with Gasteiger partial charge in [-0.15, -0.1) is 0 Å². The van der Waals surface area contributed by atoms with Crippen LogP contribution in [0.1, 0.15) is 40.0 Å². The molecule has 0 aromatic heterocycles. The van der Waals surface area contributed by atoms with Gasteiger partial charge in [0.1, 0.15) is 5.78 Å². The van der Waals surface area contributed by atoms with Crippen LogP contribution in [0.5, 0.6) is 0 Å². The van der Waals surface area contributed by atoms with E-state index in [9.17, 15) is 19.2 Å². The molecule has 0 saturated heterocycles. The van der Waals surface area contributed by atoms with Gasteiger partial charge in [0.15, 0.2) is 0 Å². The van der Waals surface area contributed by atoms with Crippen molar-refractivity contribution < 1.29 is 29.4 Å². The number of hydrogen-bond donors (Lipinski definition) is 3. The van der Waals surface area contributed by atoms with Gasteiger partial charge < -0.3 is 15.5 Å². The summed E-state index contributed by atoms with van der Waals surface area (Å²) in [5.74, 6) is -3.00. The van der Waals surface area contributed by atoms with Crippen molar-refractivity contribution in [2.24, 2.45) is 11.8 Å².